The van der Waals surface area contributed by atoms with Crippen molar-refractivity contribution in [3.8, 4) is 17.0 Å². The Labute approximate surface area is 253 Å². The highest BCUT2D eigenvalue weighted by Gasteiger charge is 2.34. The van der Waals surface area contributed by atoms with Gasteiger partial charge in [0.25, 0.3) is 5.91 Å². The van der Waals surface area contributed by atoms with Gasteiger partial charge in [0.05, 0.1) is 31.9 Å². The molecule has 2 amide bonds. The summed E-state index contributed by atoms with van der Waals surface area (Å²) in [5, 5.41) is 1.05. The number of fused-ring (bicyclic) bond motifs is 4. The Morgan fingerprint density at radius 3 is 2.49 bits per heavy atom. The number of nitrogens with one attached hydrogen (secondary N) is 1. The molecule has 10 nitrogen and oxygen atoms in total. The van der Waals surface area contributed by atoms with Crippen LogP contribution in [0.5, 0.6) is 5.75 Å². The zero-order chi connectivity index (χ0) is 30.3. The molecule has 1 aromatic heterocycles. The van der Waals surface area contributed by atoms with Crippen LogP contribution in [0, 0.1) is 5.92 Å². The number of rotatable bonds is 2. The van der Waals surface area contributed by atoms with Crippen LogP contribution in [-0.4, -0.2) is 81.5 Å². The molecule has 3 aromatic rings. The van der Waals surface area contributed by atoms with Gasteiger partial charge in [-0.25, -0.2) is 4.72 Å². The minimum atomic E-state index is -4.08. The van der Waals surface area contributed by atoms with Crippen LogP contribution in [0.3, 0.4) is 0 Å². The van der Waals surface area contributed by atoms with Crippen LogP contribution in [-0.2, 0) is 32.7 Å². The maximum absolute atomic E-state index is 14.0. The average Bonchev–Trinajstić information content (AvgIpc) is 3.22. The van der Waals surface area contributed by atoms with Gasteiger partial charge in [-0.3, -0.25) is 9.59 Å². The average molecular weight is 609 g/mol. The van der Waals surface area contributed by atoms with Crippen molar-refractivity contribution in [2.45, 2.75) is 51.0 Å². The number of nitrogens with zero attached hydrogens (tertiary/aromatic N) is 3. The molecule has 0 spiro atoms. The van der Waals surface area contributed by atoms with Crippen molar-refractivity contribution in [1.29, 1.82) is 0 Å². The normalized spacial score (nSPS) is 22.3. The maximum Gasteiger partial charge on any atom is 0.303 e. The van der Waals surface area contributed by atoms with Gasteiger partial charge in [0.1, 0.15) is 5.75 Å². The first-order chi connectivity index (χ1) is 20.7. The van der Waals surface area contributed by atoms with Gasteiger partial charge in [0.15, 0.2) is 0 Å². The van der Waals surface area contributed by atoms with E-state index in [0.717, 1.165) is 63.5 Å². The Balaban J connectivity index is 1.59. The lowest BCUT2D eigenvalue weighted by atomic mass is 9.81. The molecule has 1 N–H and O–H groups in total. The number of hydrogen-bond acceptors (Lipinski definition) is 6. The molecule has 3 heterocycles. The van der Waals surface area contributed by atoms with E-state index in [4.69, 9.17) is 9.47 Å². The molecule has 0 saturated heterocycles. The van der Waals surface area contributed by atoms with E-state index in [1.807, 2.05) is 18.2 Å². The van der Waals surface area contributed by atoms with Crippen molar-refractivity contribution >= 4 is 32.9 Å². The number of aromatic nitrogens is 1. The topological polar surface area (TPSA) is 110 Å². The largest absolute Gasteiger partial charge is 0.497 e. The Hall–Kier alpha value is -3.41. The van der Waals surface area contributed by atoms with E-state index in [9.17, 15) is 18.0 Å². The summed E-state index contributed by atoms with van der Waals surface area (Å²) in [6, 6.07) is 11.6. The van der Waals surface area contributed by atoms with E-state index in [2.05, 4.69) is 15.4 Å². The summed E-state index contributed by atoms with van der Waals surface area (Å²) in [6.45, 7) is 1.29. The fourth-order valence-electron chi connectivity index (χ4n) is 6.91. The van der Waals surface area contributed by atoms with Crippen molar-refractivity contribution in [3.63, 3.8) is 0 Å². The summed E-state index contributed by atoms with van der Waals surface area (Å²) in [5.41, 5.74) is 5.56. The first-order valence-corrected chi connectivity index (χ1v) is 16.6. The van der Waals surface area contributed by atoms with E-state index in [1.54, 1.807) is 31.2 Å². The third kappa shape index (κ3) is 5.65. The summed E-state index contributed by atoms with van der Waals surface area (Å²) in [6.07, 6.45) is 6.24. The highest BCUT2D eigenvalue weighted by molar-refractivity contribution is 7.87. The molecule has 0 radical (unpaired) electrons. The second-order valence-corrected chi connectivity index (χ2v) is 13.8. The van der Waals surface area contributed by atoms with Gasteiger partial charge in [-0.15, -0.1) is 0 Å². The maximum atomic E-state index is 14.0. The molecule has 1 aliphatic carbocycles. The molecular formula is C32H40N4O6S. The number of methoxy groups -OCH3 is 1. The first-order valence-electron chi connectivity index (χ1n) is 15.1. The summed E-state index contributed by atoms with van der Waals surface area (Å²) < 4.78 is 42.7. The number of amides is 2. The lowest BCUT2D eigenvalue weighted by molar-refractivity contribution is -0.135. The van der Waals surface area contributed by atoms with E-state index in [0.29, 0.717) is 25.4 Å². The van der Waals surface area contributed by atoms with E-state index in [1.165, 1.54) is 19.0 Å². The third-order valence-electron chi connectivity index (χ3n) is 9.30. The predicted molar refractivity (Wildman–Crippen MR) is 164 cm³/mol. The molecular weight excluding hydrogens is 568 g/mol. The molecule has 0 unspecified atom stereocenters. The van der Waals surface area contributed by atoms with Crippen molar-refractivity contribution in [1.82, 2.24) is 18.5 Å². The fourth-order valence-corrected chi connectivity index (χ4v) is 7.73. The monoisotopic (exact) mass is 608 g/mol. The molecule has 1 atom stereocenters. The Morgan fingerprint density at radius 2 is 1.72 bits per heavy atom. The number of benzene rings is 2. The van der Waals surface area contributed by atoms with Crippen LogP contribution in [0.4, 0.5) is 0 Å². The summed E-state index contributed by atoms with van der Waals surface area (Å²) >= 11 is 0. The van der Waals surface area contributed by atoms with Gasteiger partial charge in [-0.1, -0.05) is 25.3 Å². The smallest absolute Gasteiger partial charge is 0.303 e. The highest BCUT2D eigenvalue weighted by Crippen LogP contribution is 2.47. The van der Waals surface area contributed by atoms with Gasteiger partial charge >= 0.3 is 10.2 Å². The number of ether oxygens (including phenoxy) is 2. The zero-order valence-corrected chi connectivity index (χ0v) is 25.9. The molecule has 6 rings (SSSR count). The summed E-state index contributed by atoms with van der Waals surface area (Å²) in [4.78, 5) is 29.0. The van der Waals surface area contributed by atoms with Crippen LogP contribution in [0.2, 0.25) is 0 Å². The van der Waals surface area contributed by atoms with Crippen LogP contribution >= 0.6 is 0 Å². The number of hydrogen-bond donors (Lipinski definition) is 1. The van der Waals surface area contributed by atoms with Gasteiger partial charge in [0, 0.05) is 55.8 Å². The predicted octanol–water partition coefficient (Wildman–Crippen LogP) is 3.93. The number of likely N-dealkylation sites (N-methyl/N-ethyl adjacent to an activating group) is 2. The molecule has 3 aliphatic rings. The quantitative estimate of drug-likeness (QED) is 0.472. The van der Waals surface area contributed by atoms with Crippen LogP contribution in [0.1, 0.15) is 59.5 Å². The minimum absolute atomic E-state index is 0.0178. The summed E-state index contributed by atoms with van der Waals surface area (Å²) in [5.74, 6) is 0.0619. The molecule has 43 heavy (non-hydrogen) atoms. The van der Waals surface area contributed by atoms with E-state index < -0.39 is 16.1 Å². The second kappa shape index (κ2) is 11.9. The minimum Gasteiger partial charge on any atom is -0.497 e. The van der Waals surface area contributed by atoms with Gasteiger partial charge in [-0.05, 0) is 66.6 Å². The van der Waals surface area contributed by atoms with Crippen LogP contribution in [0.25, 0.3) is 22.2 Å². The molecule has 2 aromatic carbocycles. The SMILES string of the molecule is COc1ccc2c(c1)C[C@H]1Cn3c-2c(C2CCCCC2)c2ccc(cc23)C(=O)NS(=O)(=O)N(C)CCOCCN(C)C1=O. The molecule has 1 fully saturated rings. The first kappa shape index (κ1) is 29.7. The van der Waals surface area contributed by atoms with Gasteiger partial charge in [-0.2, -0.15) is 12.7 Å². The lowest BCUT2D eigenvalue weighted by Crippen LogP contribution is -2.43. The molecule has 11 heteroatoms. The van der Waals surface area contributed by atoms with Crippen LogP contribution < -0.4 is 9.46 Å². The second-order valence-electron chi connectivity index (χ2n) is 12.0. The molecule has 2 aliphatic heterocycles. The highest BCUT2D eigenvalue weighted by atomic mass is 32.2. The van der Waals surface area contributed by atoms with E-state index in [-0.39, 0.29) is 37.1 Å². The number of carbonyl (C=O) groups is 2. The lowest BCUT2D eigenvalue weighted by Gasteiger charge is -2.24. The molecule has 1 saturated carbocycles. The van der Waals surface area contributed by atoms with E-state index >= 15 is 0 Å². The summed E-state index contributed by atoms with van der Waals surface area (Å²) in [7, 11) is 0.769. The van der Waals surface area contributed by atoms with Crippen molar-refractivity contribution in [2.24, 2.45) is 5.92 Å². The zero-order valence-electron chi connectivity index (χ0n) is 25.1. The standard InChI is InChI=1S/C32H40N4O6S/c1-34-13-15-42-16-14-35(2)43(39,40)33-31(37)22-9-11-27-28(19-22)36-20-24(32(34)38)17-23-18-25(41-3)10-12-26(23)30(36)29(27)21-7-5-4-6-8-21/h9-12,18-19,21,24H,4-8,13-17,20H2,1-3H3,(H,33,37)/t24-/m0/s1. The van der Waals surface area contributed by atoms with Crippen molar-refractivity contribution in [2.75, 3.05) is 47.5 Å². The number of carbonyl (C=O) groups excluding carboxylic acids is 2. The Morgan fingerprint density at radius 1 is 0.953 bits per heavy atom. The Bertz CT molecular complexity index is 1660. The fraction of sp³-hybridized carbons (Fsp3) is 0.500. The van der Waals surface area contributed by atoms with Gasteiger partial charge < -0.3 is 18.9 Å². The molecule has 4 bridgehead atoms. The Kier molecular flexibility index (Phi) is 8.23. The van der Waals surface area contributed by atoms with Crippen molar-refractivity contribution < 1.29 is 27.5 Å². The van der Waals surface area contributed by atoms with Gasteiger partial charge in [0.2, 0.25) is 5.91 Å². The van der Waals surface area contributed by atoms with Crippen molar-refractivity contribution in [3.05, 3.63) is 53.1 Å². The van der Waals surface area contributed by atoms with Crippen LogP contribution in [0.15, 0.2) is 36.4 Å². The third-order valence-corrected chi connectivity index (χ3v) is 10.7. The molecule has 230 valence electrons.